The Kier molecular flexibility index (Phi) is 2.46. The van der Waals surface area contributed by atoms with Crippen molar-refractivity contribution < 1.29 is 13.2 Å². The van der Waals surface area contributed by atoms with Crippen LogP contribution < -0.4 is 0 Å². The van der Waals surface area contributed by atoms with Crippen LogP contribution >= 0.6 is 0 Å². The minimum atomic E-state index is -4.09. The predicted octanol–water partition coefficient (Wildman–Crippen LogP) is 2.82. The van der Waals surface area contributed by atoms with Crippen molar-refractivity contribution >= 4 is 0 Å². The average Bonchev–Trinajstić information content (AvgIpc) is 2.77. The molecule has 0 spiro atoms. The topological polar surface area (TPSA) is 3.01 Å². The maximum Gasteiger partial charge on any atom is 0.405 e. The van der Waals surface area contributed by atoms with Gasteiger partial charge in [-0.15, -0.1) is 0 Å². The first-order chi connectivity index (χ1) is 7.00. The van der Waals surface area contributed by atoms with Gasteiger partial charge in [-0.2, -0.15) is 13.2 Å². The summed E-state index contributed by atoms with van der Waals surface area (Å²) in [4.78, 5) is 1.45. The third-order valence-electron chi connectivity index (χ3n) is 2.79. The second-order valence-corrected chi connectivity index (χ2v) is 3.88. The van der Waals surface area contributed by atoms with Crippen LogP contribution in [0.4, 0.5) is 13.2 Å². The number of nitrogens with zero attached hydrogens (tertiary/aromatic N) is 1. The summed E-state index contributed by atoms with van der Waals surface area (Å²) in [5, 5.41) is 0. The van der Waals surface area contributed by atoms with Crippen LogP contribution in [-0.2, 0) is 6.54 Å². The van der Waals surface area contributed by atoms with E-state index in [0.717, 1.165) is 5.56 Å². The number of alkyl halides is 3. The molecule has 15 heavy (non-hydrogen) atoms. The van der Waals surface area contributed by atoms with E-state index in [1.54, 1.807) is 6.92 Å². The molecule has 1 aliphatic heterocycles. The Morgan fingerprint density at radius 2 is 1.80 bits per heavy atom. The summed E-state index contributed by atoms with van der Waals surface area (Å²) in [6.07, 6.45) is -4.09. The maximum atomic E-state index is 12.4. The van der Waals surface area contributed by atoms with Gasteiger partial charge in [0.2, 0.25) is 0 Å². The highest BCUT2D eigenvalue weighted by Crippen LogP contribution is 2.41. The third kappa shape index (κ3) is 2.15. The molecule has 1 nitrogen and oxygen atoms in total. The van der Waals surface area contributed by atoms with Gasteiger partial charge in [-0.25, -0.2) is 0 Å². The largest absolute Gasteiger partial charge is 0.405 e. The minimum Gasteiger partial charge on any atom is -0.282 e. The fourth-order valence-corrected chi connectivity index (χ4v) is 1.91. The van der Waals surface area contributed by atoms with Crippen LogP contribution in [0.3, 0.4) is 0 Å². The summed E-state index contributed by atoms with van der Waals surface area (Å²) < 4.78 is 37.2. The lowest BCUT2D eigenvalue weighted by atomic mass is 10.2. The first kappa shape index (κ1) is 10.5. The second-order valence-electron chi connectivity index (χ2n) is 3.88. The zero-order chi connectivity index (χ0) is 11.1. The van der Waals surface area contributed by atoms with Gasteiger partial charge in [0.15, 0.2) is 0 Å². The molecule has 0 amide bonds. The number of benzene rings is 1. The first-order valence-corrected chi connectivity index (χ1v) is 4.86. The van der Waals surface area contributed by atoms with Crippen LogP contribution in [0, 0.1) is 0 Å². The quantitative estimate of drug-likeness (QED) is 0.685. The summed E-state index contributed by atoms with van der Waals surface area (Å²) in [6, 6.07) is 7.59. The van der Waals surface area contributed by atoms with E-state index in [2.05, 4.69) is 0 Å². The fourth-order valence-electron chi connectivity index (χ4n) is 1.91. The molecule has 82 valence electrons. The Balaban J connectivity index is 1.99. The lowest BCUT2D eigenvalue weighted by Gasteiger charge is -2.06. The summed E-state index contributed by atoms with van der Waals surface area (Å²) in [7, 11) is 0. The molecule has 0 radical (unpaired) electrons. The molecule has 0 N–H and O–H groups in total. The predicted molar refractivity (Wildman–Crippen MR) is 51.3 cm³/mol. The molecule has 3 atom stereocenters. The molecular weight excluding hydrogens is 203 g/mol. The SMILES string of the molecule is C[C@H]1[C@@H](C(F)(F)F)N1Cc1ccccc1. The number of hydrogen-bond acceptors (Lipinski definition) is 1. The molecule has 2 rings (SSSR count). The normalized spacial score (nSPS) is 30.3. The number of hydrogen-bond donors (Lipinski definition) is 0. The Bertz CT molecular complexity index is 333. The van der Waals surface area contributed by atoms with E-state index >= 15 is 0 Å². The Morgan fingerprint density at radius 1 is 1.20 bits per heavy atom. The van der Waals surface area contributed by atoms with Crippen molar-refractivity contribution in [2.75, 3.05) is 0 Å². The summed E-state index contributed by atoms with van der Waals surface area (Å²) in [5.74, 6) is 0. The Hall–Kier alpha value is -1.03. The van der Waals surface area contributed by atoms with E-state index in [1.807, 2.05) is 30.3 Å². The van der Waals surface area contributed by atoms with Crippen LogP contribution in [0.5, 0.6) is 0 Å². The Labute approximate surface area is 86.5 Å². The van der Waals surface area contributed by atoms with Crippen LogP contribution in [0.15, 0.2) is 30.3 Å². The fraction of sp³-hybridized carbons (Fsp3) is 0.455. The molecule has 1 fully saturated rings. The van der Waals surface area contributed by atoms with Gasteiger partial charge >= 0.3 is 6.18 Å². The highest BCUT2D eigenvalue weighted by Gasteiger charge is 2.60. The molecule has 1 aromatic carbocycles. The van der Waals surface area contributed by atoms with Gasteiger partial charge in [0.05, 0.1) is 0 Å². The lowest BCUT2D eigenvalue weighted by molar-refractivity contribution is -0.137. The molecule has 1 saturated heterocycles. The van der Waals surface area contributed by atoms with E-state index in [9.17, 15) is 13.2 Å². The van der Waals surface area contributed by atoms with Gasteiger partial charge < -0.3 is 0 Å². The highest BCUT2D eigenvalue weighted by molar-refractivity contribution is 5.17. The van der Waals surface area contributed by atoms with Gasteiger partial charge in [0.25, 0.3) is 0 Å². The van der Waals surface area contributed by atoms with E-state index in [1.165, 1.54) is 4.90 Å². The van der Waals surface area contributed by atoms with E-state index in [-0.39, 0.29) is 6.04 Å². The van der Waals surface area contributed by atoms with Gasteiger partial charge in [0, 0.05) is 12.6 Å². The van der Waals surface area contributed by atoms with E-state index < -0.39 is 12.2 Å². The van der Waals surface area contributed by atoms with E-state index in [4.69, 9.17) is 0 Å². The molecule has 0 bridgehead atoms. The van der Waals surface area contributed by atoms with Crippen molar-refractivity contribution in [3.63, 3.8) is 0 Å². The summed E-state index contributed by atoms with van der Waals surface area (Å²) in [5.41, 5.74) is 0.927. The van der Waals surface area contributed by atoms with Gasteiger partial charge in [0.1, 0.15) is 6.04 Å². The number of halogens is 3. The van der Waals surface area contributed by atoms with Crippen molar-refractivity contribution in [2.45, 2.75) is 31.7 Å². The van der Waals surface area contributed by atoms with Crippen LogP contribution in [0.25, 0.3) is 0 Å². The first-order valence-electron chi connectivity index (χ1n) is 4.86. The van der Waals surface area contributed by atoms with Crippen molar-refractivity contribution in [1.82, 2.24) is 4.90 Å². The zero-order valence-electron chi connectivity index (χ0n) is 8.33. The van der Waals surface area contributed by atoms with Crippen LogP contribution in [0.1, 0.15) is 12.5 Å². The smallest absolute Gasteiger partial charge is 0.282 e. The standard InChI is InChI=1S/C11H12F3N/c1-8-10(11(12,13)14)15(8)7-9-5-3-2-4-6-9/h2-6,8,10H,7H2,1H3/t8-,10-,15?/m0/s1. The van der Waals surface area contributed by atoms with Gasteiger partial charge in [-0.1, -0.05) is 30.3 Å². The maximum absolute atomic E-state index is 12.4. The summed E-state index contributed by atoms with van der Waals surface area (Å²) in [6.45, 7) is 1.99. The molecule has 4 heteroatoms. The van der Waals surface area contributed by atoms with E-state index in [0.29, 0.717) is 6.54 Å². The number of rotatable bonds is 2. The average molecular weight is 215 g/mol. The second kappa shape index (κ2) is 3.52. The zero-order valence-corrected chi connectivity index (χ0v) is 8.33. The molecule has 1 aromatic rings. The molecular formula is C11H12F3N. The van der Waals surface area contributed by atoms with Crippen molar-refractivity contribution in [1.29, 1.82) is 0 Å². The minimum absolute atomic E-state index is 0.381. The molecule has 1 heterocycles. The monoisotopic (exact) mass is 215 g/mol. The summed E-state index contributed by atoms with van der Waals surface area (Å²) >= 11 is 0. The molecule has 0 aliphatic carbocycles. The Morgan fingerprint density at radius 3 is 2.27 bits per heavy atom. The molecule has 1 aliphatic rings. The van der Waals surface area contributed by atoms with Crippen molar-refractivity contribution in [3.05, 3.63) is 35.9 Å². The lowest BCUT2D eigenvalue weighted by Crippen LogP contribution is -2.21. The molecule has 1 unspecified atom stereocenters. The molecule has 0 saturated carbocycles. The highest BCUT2D eigenvalue weighted by atomic mass is 19.4. The van der Waals surface area contributed by atoms with Crippen LogP contribution in [-0.4, -0.2) is 23.2 Å². The van der Waals surface area contributed by atoms with Gasteiger partial charge in [-0.3, -0.25) is 4.90 Å². The molecule has 0 aromatic heterocycles. The third-order valence-corrected chi connectivity index (χ3v) is 2.79. The van der Waals surface area contributed by atoms with Gasteiger partial charge in [-0.05, 0) is 12.5 Å². The van der Waals surface area contributed by atoms with Crippen molar-refractivity contribution in [3.8, 4) is 0 Å². The van der Waals surface area contributed by atoms with Crippen molar-refractivity contribution in [2.24, 2.45) is 0 Å². The van der Waals surface area contributed by atoms with Crippen LogP contribution in [0.2, 0.25) is 0 Å².